The molecule has 1 aliphatic carbocycles. The molecule has 1 aliphatic heterocycles. The minimum atomic E-state index is -1.39. The highest BCUT2D eigenvalue weighted by Crippen LogP contribution is 2.42. The van der Waals surface area contributed by atoms with Gasteiger partial charge >= 0.3 is 11.9 Å². The molecule has 75 heavy (non-hydrogen) atoms. The number of amides is 5. The molecular formula is C55H77N10O10+. The second-order valence-corrected chi connectivity index (χ2v) is 18.2. The maximum Gasteiger partial charge on any atom is 0.336 e. The first kappa shape index (κ1) is 60.2. The summed E-state index contributed by atoms with van der Waals surface area (Å²) in [6.07, 6.45) is 8.05. The Bertz CT molecular complexity index is 2690. The number of fused-ring (bicyclic) bond motifs is 2. The number of hydrogen-bond acceptors (Lipinski definition) is 12. The van der Waals surface area contributed by atoms with E-state index in [-0.39, 0.29) is 49.8 Å². The van der Waals surface area contributed by atoms with E-state index in [1.165, 1.54) is 12.1 Å². The van der Waals surface area contributed by atoms with Crippen molar-refractivity contribution in [3.8, 4) is 34.8 Å². The van der Waals surface area contributed by atoms with Gasteiger partial charge in [-0.15, -0.1) is 12.3 Å². The zero-order valence-electron chi connectivity index (χ0n) is 43.8. The van der Waals surface area contributed by atoms with E-state index in [4.69, 9.17) is 28.0 Å². The van der Waals surface area contributed by atoms with Crippen molar-refractivity contribution in [2.75, 3.05) is 57.3 Å². The summed E-state index contributed by atoms with van der Waals surface area (Å²) in [5.41, 5.74) is 20.3. The standard InChI is InChI=1S/C55H76N10O10/c1-6-17-45(55(73)74)63-53(70)44(20-13-16-30-58)62-52(69)43(19-12-15-29-57)61-51(68)42(18-11-14-28-56)60-48(66)27-31-59-50(67)35-21-24-38(41(32-35)54(71)72)49-39-25-22-36(64(7-2)8-3)33-46(39)75-47-34-37(23-26-40(47)49)65(9-4)10-5/h1,21-26,32-34,42-45H,7-20,27-31,56-58H2,2-5H3,(H6-,59,60,61,62,63,66,67,68,69,70,71,72,73,74)/p+1/t42-,43-,44-,45?/m0/s1. The van der Waals surface area contributed by atoms with Crippen LogP contribution in [-0.4, -0.2) is 128 Å². The topological polar surface area (TPSA) is 318 Å². The van der Waals surface area contributed by atoms with Gasteiger partial charge in [0.15, 0.2) is 0 Å². The van der Waals surface area contributed by atoms with Gasteiger partial charge in [-0.3, -0.25) is 24.0 Å². The quantitative estimate of drug-likeness (QED) is 0.0146. The van der Waals surface area contributed by atoms with Crippen LogP contribution in [0.2, 0.25) is 0 Å². The number of unbranched alkanes of at least 4 members (excludes halogenated alkanes) is 3. The summed E-state index contributed by atoms with van der Waals surface area (Å²) in [5, 5.41) is 35.1. The second-order valence-electron chi connectivity index (χ2n) is 18.2. The molecule has 2 aromatic rings. The molecule has 0 radical (unpaired) electrons. The first-order valence-electron chi connectivity index (χ1n) is 26.1. The van der Waals surface area contributed by atoms with E-state index in [2.05, 4.69) is 69.7 Å². The van der Waals surface area contributed by atoms with Crippen molar-refractivity contribution in [2.24, 2.45) is 17.2 Å². The van der Waals surface area contributed by atoms with Gasteiger partial charge in [0.2, 0.25) is 29.0 Å². The molecule has 0 aromatic heterocycles. The lowest BCUT2D eigenvalue weighted by atomic mass is 9.89. The highest BCUT2D eigenvalue weighted by atomic mass is 16.4. The molecule has 406 valence electrons. The maximum absolute atomic E-state index is 13.9. The maximum atomic E-state index is 13.9. The predicted molar refractivity (Wildman–Crippen MR) is 290 cm³/mol. The number of carboxylic acid groups (broad SMARTS) is 2. The lowest BCUT2D eigenvalue weighted by Crippen LogP contribution is -2.57. The molecule has 4 atom stereocenters. The van der Waals surface area contributed by atoms with Crippen LogP contribution in [0.4, 0.5) is 5.69 Å². The molecule has 0 spiro atoms. The number of nitrogens with two attached hydrogens (primary N) is 3. The second kappa shape index (κ2) is 30.8. The van der Waals surface area contributed by atoms with Crippen LogP contribution in [0.1, 0.15) is 119 Å². The molecule has 4 rings (SSSR count). The van der Waals surface area contributed by atoms with Gasteiger partial charge in [0.25, 0.3) is 5.91 Å². The Labute approximate surface area is 439 Å². The van der Waals surface area contributed by atoms with Crippen molar-refractivity contribution in [3.05, 3.63) is 71.1 Å². The van der Waals surface area contributed by atoms with E-state index >= 15 is 0 Å². The zero-order chi connectivity index (χ0) is 55.0. The van der Waals surface area contributed by atoms with Crippen LogP contribution < -0.4 is 58.6 Å². The molecule has 0 bridgehead atoms. The highest BCUT2D eigenvalue weighted by Gasteiger charge is 2.31. The molecule has 20 heteroatoms. The van der Waals surface area contributed by atoms with Crippen LogP contribution in [0.25, 0.3) is 33.4 Å². The van der Waals surface area contributed by atoms with Crippen molar-refractivity contribution >= 4 is 58.1 Å². The number of anilines is 1. The number of carbonyl (C=O) groups is 7. The van der Waals surface area contributed by atoms with Crippen molar-refractivity contribution in [1.82, 2.24) is 31.2 Å². The minimum absolute atomic E-state index is 0.0461. The zero-order valence-corrected chi connectivity index (χ0v) is 43.8. The molecule has 2 aromatic carbocycles. The first-order valence-corrected chi connectivity index (χ1v) is 26.1. The third-order valence-electron chi connectivity index (χ3n) is 13.1. The predicted octanol–water partition coefficient (Wildman–Crippen LogP) is 3.12. The number of benzene rings is 3. The van der Waals surface area contributed by atoms with Crippen LogP contribution in [0.15, 0.2) is 59.0 Å². The van der Waals surface area contributed by atoms with E-state index in [0.29, 0.717) is 91.6 Å². The Balaban J connectivity index is 1.55. The van der Waals surface area contributed by atoms with Crippen molar-refractivity contribution in [2.45, 2.75) is 122 Å². The third-order valence-corrected chi connectivity index (χ3v) is 13.1. The number of nitrogens with one attached hydrogen (secondary N) is 5. The van der Waals surface area contributed by atoms with Crippen molar-refractivity contribution in [3.63, 3.8) is 0 Å². The highest BCUT2D eigenvalue weighted by molar-refractivity contribution is 6.09. The van der Waals surface area contributed by atoms with Gasteiger partial charge in [-0.1, -0.05) is 6.07 Å². The van der Waals surface area contributed by atoms with Crippen LogP contribution in [0.5, 0.6) is 0 Å². The molecule has 0 saturated heterocycles. The fourth-order valence-electron chi connectivity index (χ4n) is 8.89. The molecule has 0 saturated carbocycles. The molecule has 1 heterocycles. The van der Waals surface area contributed by atoms with E-state index in [1.807, 2.05) is 36.4 Å². The lowest BCUT2D eigenvalue weighted by Gasteiger charge is -2.26. The van der Waals surface area contributed by atoms with Gasteiger partial charge in [0.05, 0.1) is 11.6 Å². The number of terminal acetylenes is 1. The van der Waals surface area contributed by atoms with Gasteiger partial charge in [-0.05, 0) is 141 Å². The molecule has 5 amide bonds. The fraction of sp³-hybridized carbons (Fsp3) is 0.491. The van der Waals surface area contributed by atoms with E-state index in [1.54, 1.807) is 6.07 Å². The lowest BCUT2D eigenvalue weighted by molar-refractivity contribution is -0.142. The van der Waals surface area contributed by atoms with Crippen LogP contribution in [-0.2, 0) is 24.0 Å². The van der Waals surface area contributed by atoms with Gasteiger partial charge in [0, 0.05) is 72.4 Å². The number of carboxylic acids is 2. The minimum Gasteiger partial charge on any atom is -0.480 e. The van der Waals surface area contributed by atoms with Gasteiger partial charge in [-0.25, -0.2) is 14.2 Å². The summed E-state index contributed by atoms with van der Waals surface area (Å²) in [6, 6.07) is 11.3. The average molecular weight is 1040 g/mol. The van der Waals surface area contributed by atoms with Crippen molar-refractivity contribution < 1.29 is 48.2 Å². The monoisotopic (exact) mass is 1040 g/mol. The molecule has 20 nitrogen and oxygen atoms in total. The van der Waals surface area contributed by atoms with E-state index in [9.17, 15) is 43.8 Å². The smallest absolute Gasteiger partial charge is 0.336 e. The van der Waals surface area contributed by atoms with E-state index < -0.39 is 65.6 Å². The molecule has 1 unspecified atom stereocenters. The van der Waals surface area contributed by atoms with Crippen molar-refractivity contribution in [1.29, 1.82) is 0 Å². The fourth-order valence-corrected chi connectivity index (χ4v) is 8.89. The first-order chi connectivity index (χ1) is 36.1. The van der Waals surface area contributed by atoms with Gasteiger partial charge in [-0.2, -0.15) is 0 Å². The van der Waals surface area contributed by atoms with Crippen LogP contribution >= 0.6 is 0 Å². The number of carbonyl (C=O) groups excluding carboxylic acids is 5. The summed E-state index contributed by atoms with van der Waals surface area (Å²) >= 11 is 0. The summed E-state index contributed by atoms with van der Waals surface area (Å²) in [5.74, 6) is -3.19. The Morgan fingerprint density at radius 3 is 1.73 bits per heavy atom. The molecule has 2 aliphatic rings. The normalized spacial score (nSPS) is 12.7. The molecule has 13 N–H and O–H groups in total. The number of aromatic carboxylic acids is 1. The third kappa shape index (κ3) is 17.1. The summed E-state index contributed by atoms with van der Waals surface area (Å²) in [7, 11) is 0. The Kier molecular flexibility index (Phi) is 24.7. The van der Waals surface area contributed by atoms with Crippen LogP contribution in [0, 0.1) is 12.3 Å². The molecule has 0 fully saturated rings. The Morgan fingerprint density at radius 2 is 1.23 bits per heavy atom. The number of nitrogens with zero attached hydrogens (tertiary/aromatic N) is 2. The number of hydrogen-bond donors (Lipinski definition) is 10. The Hall–Kier alpha value is -7.34. The average Bonchev–Trinajstić information content (AvgIpc) is 3.39. The summed E-state index contributed by atoms with van der Waals surface area (Å²) in [4.78, 5) is 95.2. The summed E-state index contributed by atoms with van der Waals surface area (Å²) < 4.78 is 8.77. The van der Waals surface area contributed by atoms with Crippen LogP contribution in [0.3, 0.4) is 0 Å². The van der Waals surface area contributed by atoms with Gasteiger partial charge < -0.3 is 63.3 Å². The van der Waals surface area contributed by atoms with E-state index in [0.717, 1.165) is 37.2 Å². The SMILES string of the molecule is C#CCC(NC(=O)[C@H](CCCCN)NC(=O)[C@H](CCCCN)NC(=O)[C@H](CCCCN)NC(=O)CCNC(=O)c1ccc(-c2c3ccc(=[N+](CC)CC)cc-3oc3cc(N(CC)CC)ccc23)c(C(=O)O)c1)C(=O)O. The molecular weight excluding hydrogens is 961 g/mol. The van der Waals surface area contributed by atoms with Gasteiger partial charge in [0.1, 0.15) is 48.6 Å². The number of rotatable bonds is 32. The Morgan fingerprint density at radius 1 is 0.680 bits per heavy atom. The largest absolute Gasteiger partial charge is 0.480 e. The summed E-state index contributed by atoms with van der Waals surface area (Å²) in [6.45, 7) is 12.1. The number of aliphatic carboxylic acids is 1.